The van der Waals surface area contributed by atoms with Crippen molar-refractivity contribution in [2.75, 3.05) is 0 Å². The highest BCUT2D eigenvalue weighted by atomic mass is 19.2. The molecule has 0 saturated carbocycles. The number of pyridine rings is 1. The minimum Gasteiger partial charge on any atom is -0.506 e. The Balaban J connectivity index is 2.60. The molecule has 82 valence electrons. The Morgan fingerprint density at radius 2 is 1.56 bits per heavy atom. The SMILES string of the molecule is Oc1cncc(-c2cc(F)c(F)cc2F)c1. The van der Waals surface area contributed by atoms with Crippen molar-refractivity contribution in [2.24, 2.45) is 0 Å². The number of hydrogen-bond donors (Lipinski definition) is 1. The Morgan fingerprint density at radius 1 is 0.875 bits per heavy atom. The lowest BCUT2D eigenvalue weighted by Crippen LogP contribution is -1.91. The van der Waals surface area contributed by atoms with Crippen LogP contribution in [0.2, 0.25) is 0 Å². The maximum atomic E-state index is 13.3. The summed E-state index contributed by atoms with van der Waals surface area (Å²) < 4.78 is 38.9. The molecule has 0 unspecified atom stereocenters. The molecule has 0 aliphatic heterocycles. The molecular weight excluding hydrogens is 219 g/mol. The van der Waals surface area contributed by atoms with Crippen LogP contribution in [0.25, 0.3) is 11.1 Å². The van der Waals surface area contributed by atoms with Crippen LogP contribution in [0.3, 0.4) is 0 Å². The van der Waals surface area contributed by atoms with Gasteiger partial charge < -0.3 is 5.11 Å². The molecule has 0 radical (unpaired) electrons. The molecule has 0 aliphatic carbocycles. The molecule has 5 heteroatoms. The van der Waals surface area contributed by atoms with E-state index in [4.69, 9.17) is 5.11 Å². The summed E-state index contributed by atoms with van der Waals surface area (Å²) in [6, 6.07) is 2.39. The zero-order valence-corrected chi connectivity index (χ0v) is 7.92. The summed E-state index contributed by atoms with van der Waals surface area (Å²) in [6.45, 7) is 0. The topological polar surface area (TPSA) is 33.1 Å². The standard InChI is InChI=1S/C11H6F3NO/c12-9-3-11(14)10(13)2-8(9)6-1-7(16)5-15-4-6/h1-5,16H. The van der Waals surface area contributed by atoms with E-state index in [1.54, 1.807) is 0 Å². The second-order valence-corrected chi connectivity index (χ2v) is 3.18. The third-order valence-electron chi connectivity index (χ3n) is 2.04. The predicted molar refractivity (Wildman–Crippen MR) is 51.2 cm³/mol. The van der Waals surface area contributed by atoms with Gasteiger partial charge in [0.1, 0.15) is 11.6 Å². The van der Waals surface area contributed by atoms with Gasteiger partial charge in [0.15, 0.2) is 11.6 Å². The summed E-state index contributed by atoms with van der Waals surface area (Å²) in [6.07, 6.45) is 2.40. The van der Waals surface area contributed by atoms with E-state index < -0.39 is 17.5 Å². The fraction of sp³-hybridized carbons (Fsp3) is 0. The number of aromatic nitrogens is 1. The number of rotatable bonds is 1. The number of halogens is 3. The van der Waals surface area contributed by atoms with E-state index in [0.717, 1.165) is 12.3 Å². The maximum Gasteiger partial charge on any atom is 0.161 e. The van der Waals surface area contributed by atoms with Gasteiger partial charge in [-0.15, -0.1) is 0 Å². The molecule has 2 nitrogen and oxygen atoms in total. The van der Waals surface area contributed by atoms with Crippen LogP contribution in [0.5, 0.6) is 5.75 Å². The molecule has 16 heavy (non-hydrogen) atoms. The molecule has 0 saturated heterocycles. The third-order valence-corrected chi connectivity index (χ3v) is 2.04. The molecule has 0 atom stereocenters. The number of aromatic hydroxyl groups is 1. The molecule has 1 aromatic carbocycles. The first-order valence-electron chi connectivity index (χ1n) is 4.37. The lowest BCUT2D eigenvalue weighted by Gasteiger charge is -2.04. The van der Waals surface area contributed by atoms with Crippen molar-refractivity contribution >= 4 is 0 Å². The summed E-state index contributed by atoms with van der Waals surface area (Å²) in [4.78, 5) is 3.62. The van der Waals surface area contributed by atoms with Gasteiger partial charge in [0.05, 0.1) is 6.20 Å². The van der Waals surface area contributed by atoms with E-state index in [9.17, 15) is 13.2 Å². The zero-order chi connectivity index (χ0) is 11.7. The Hall–Kier alpha value is -2.04. The highest BCUT2D eigenvalue weighted by Crippen LogP contribution is 2.26. The summed E-state index contributed by atoms with van der Waals surface area (Å²) in [5.41, 5.74) is 0.0266. The van der Waals surface area contributed by atoms with Gasteiger partial charge in [0.25, 0.3) is 0 Å². The van der Waals surface area contributed by atoms with Crippen LogP contribution >= 0.6 is 0 Å². The Morgan fingerprint density at radius 3 is 2.25 bits per heavy atom. The van der Waals surface area contributed by atoms with Gasteiger partial charge in [-0.25, -0.2) is 13.2 Å². The van der Waals surface area contributed by atoms with Crippen LogP contribution in [-0.4, -0.2) is 10.1 Å². The quantitative estimate of drug-likeness (QED) is 0.757. The molecular formula is C11H6F3NO. The number of hydrogen-bond acceptors (Lipinski definition) is 2. The van der Waals surface area contributed by atoms with Crippen molar-refractivity contribution in [1.82, 2.24) is 4.98 Å². The van der Waals surface area contributed by atoms with Crippen LogP contribution in [0.15, 0.2) is 30.6 Å². The fourth-order valence-electron chi connectivity index (χ4n) is 1.32. The van der Waals surface area contributed by atoms with Gasteiger partial charge in [-0.2, -0.15) is 0 Å². The van der Waals surface area contributed by atoms with E-state index in [1.807, 2.05) is 0 Å². The van der Waals surface area contributed by atoms with Crippen LogP contribution in [0.1, 0.15) is 0 Å². The van der Waals surface area contributed by atoms with Gasteiger partial charge in [-0.05, 0) is 12.1 Å². The first kappa shape index (κ1) is 10.5. The summed E-state index contributed by atoms with van der Waals surface area (Å²) in [7, 11) is 0. The molecule has 2 rings (SSSR count). The molecule has 2 aromatic rings. The lowest BCUT2D eigenvalue weighted by atomic mass is 10.1. The van der Waals surface area contributed by atoms with Crippen LogP contribution in [0.4, 0.5) is 13.2 Å². The first-order chi connectivity index (χ1) is 7.58. The summed E-state index contributed by atoms with van der Waals surface area (Å²) >= 11 is 0. The summed E-state index contributed by atoms with van der Waals surface area (Å²) in [5, 5.41) is 9.14. The maximum absolute atomic E-state index is 13.3. The zero-order valence-electron chi connectivity index (χ0n) is 7.92. The van der Waals surface area contributed by atoms with E-state index in [-0.39, 0.29) is 16.9 Å². The monoisotopic (exact) mass is 225 g/mol. The molecule has 1 aromatic heterocycles. The minimum absolute atomic E-state index is 0.151. The van der Waals surface area contributed by atoms with Crippen molar-refractivity contribution < 1.29 is 18.3 Å². The number of nitrogens with zero attached hydrogens (tertiary/aromatic N) is 1. The Bertz CT molecular complexity index is 543. The van der Waals surface area contributed by atoms with Crippen LogP contribution in [-0.2, 0) is 0 Å². The van der Waals surface area contributed by atoms with E-state index in [0.29, 0.717) is 6.07 Å². The fourth-order valence-corrected chi connectivity index (χ4v) is 1.32. The van der Waals surface area contributed by atoms with Gasteiger partial charge >= 0.3 is 0 Å². The highest BCUT2D eigenvalue weighted by molar-refractivity contribution is 5.64. The van der Waals surface area contributed by atoms with Crippen molar-refractivity contribution in [1.29, 1.82) is 0 Å². The van der Waals surface area contributed by atoms with Crippen molar-refractivity contribution in [3.63, 3.8) is 0 Å². The Labute approximate surface area is 89.0 Å². The molecule has 0 fully saturated rings. The average molecular weight is 225 g/mol. The normalized spacial score (nSPS) is 10.4. The van der Waals surface area contributed by atoms with E-state index in [1.165, 1.54) is 12.3 Å². The van der Waals surface area contributed by atoms with E-state index in [2.05, 4.69) is 4.98 Å². The largest absolute Gasteiger partial charge is 0.506 e. The van der Waals surface area contributed by atoms with Crippen molar-refractivity contribution in [3.05, 3.63) is 48.0 Å². The van der Waals surface area contributed by atoms with Crippen molar-refractivity contribution in [2.45, 2.75) is 0 Å². The number of benzene rings is 1. The summed E-state index contributed by atoms with van der Waals surface area (Å²) in [5.74, 6) is -3.50. The van der Waals surface area contributed by atoms with Crippen molar-refractivity contribution in [3.8, 4) is 16.9 Å². The Kier molecular flexibility index (Phi) is 2.52. The smallest absolute Gasteiger partial charge is 0.161 e. The van der Waals surface area contributed by atoms with Gasteiger partial charge in [-0.3, -0.25) is 4.98 Å². The second-order valence-electron chi connectivity index (χ2n) is 3.18. The average Bonchev–Trinajstić information content (AvgIpc) is 2.23. The predicted octanol–water partition coefficient (Wildman–Crippen LogP) is 2.87. The molecule has 0 bridgehead atoms. The highest BCUT2D eigenvalue weighted by Gasteiger charge is 2.11. The molecule has 0 amide bonds. The van der Waals surface area contributed by atoms with Gasteiger partial charge in [0.2, 0.25) is 0 Å². The molecule has 0 aliphatic rings. The third kappa shape index (κ3) is 1.84. The van der Waals surface area contributed by atoms with Gasteiger partial charge in [0, 0.05) is 23.4 Å². The second kappa shape index (κ2) is 3.84. The van der Waals surface area contributed by atoms with Crippen LogP contribution < -0.4 is 0 Å². The molecule has 1 N–H and O–H groups in total. The van der Waals surface area contributed by atoms with E-state index >= 15 is 0 Å². The van der Waals surface area contributed by atoms with Crippen LogP contribution in [0, 0.1) is 17.5 Å². The molecule has 1 heterocycles. The lowest BCUT2D eigenvalue weighted by molar-refractivity contribution is 0.473. The molecule has 0 spiro atoms. The first-order valence-corrected chi connectivity index (χ1v) is 4.37. The minimum atomic E-state index is -1.26. The van der Waals surface area contributed by atoms with Gasteiger partial charge in [-0.1, -0.05) is 0 Å².